The van der Waals surface area contributed by atoms with Crippen molar-refractivity contribution < 1.29 is 8.78 Å². The molecule has 0 bridgehead atoms. The summed E-state index contributed by atoms with van der Waals surface area (Å²) in [5.41, 5.74) is 5.60. The van der Waals surface area contributed by atoms with Crippen molar-refractivity contribution in [1.29, 1.82) is 5.26 Å². The Morgan fingerprint density at radius 3 is 2.54 bits per heavy atom. The normalized spacial score (nSPS) is 13.2. The molecular weight excluding hydrogens is 358 g/mol. The van der Waals surface area contributed by atoms with Crippen LogP contribution in [0.1, 0.15) is 27.9 Å². The third-order valence-electron chi connectivity index (χ3n) is 5.10. The van der Waals surface area contributed by atoms with E-state index in [2.05, 4.69) is 20.9 Å². The fraction of sp³-hybridized carbons (Fsp3) is 0.227. The molecule has 1 aromatic carbocycles. The lowest BCUT2D eigenvalue weighted by molar-refractivity contribution is 0.508. The minimum Gasteiger partial charge on any atom is -0.352 e. The van der Waals surface area contributed by atoms with E-state index >= 15 is 0 Å². The average Bonchev–Trinajstić information content (AvgIpc) is 2.69. The summed E-state index contributed by atoms with van der Waals surface area (Å²) in [5.74, 6) is -0.864. The molecule has 1 aliphatic heterocycles. The molecule has 0 saturated heterocycles. The van der Waals surface area contributed by atoms with E-state index in [1.54, 1.807) is 19.3 Å². The molecule has 6 heteroatoms. The number of rotatable bonds is 2. The molecule has 0 saturated carbocycles. The monoisotopic (exact) mass is 376 g/mol. The van der Waals surface area contributed by atoms with Gasteiger partial charge in [-0.25, -0.2) is 13.8 Å². The van der Waals surface area contributed by atoms with Gasteiger partial charge in [-0.15, -0.1) is 0 Å². The number of aryl methyl sites for hydroxylation is 2. The van der Waals surface area contributed by atoms with Crippen LogP contribution in [-0.2, 0) is 13.0 Å². The number of benzene rings is 1. The zero-order valence-corrected chi connectivity index (χ0v) is 15.6. The molecule has 0 radical (unpaired) electrons. The molecule has 28 heavy (non-hydrogen) atoms. The number of anilines is 1. The number of aromatic nitrogens is 2. The highest BCUT2D eigenvalue weighted by atomic mass is 19.2. The zero-order valence-electron chi connectivity index (χ0n) is 15.6. The molecule has 1 aliphatic rings. The highest BCUT2D eigenvalue weighted by Crippen LogP contribution is 2.30. The van der Waals surface area contributed by atoms with E-state index in [9.17, 15) is 8.78 Å². The van der Waals surface area contributed by atoms with Gasteiger partial charge in [0.1, 0.15) is 11.9 Å². The van der Waals surface area contributed by atoms with Gasteiger partial charge in [0.25, 0.3) is 0 Å². The van der Waals surface area contributed by atoms with Crippen LogP contribution < -0.4 is 4.90 Å². The van der Waals surface area contributed by atoms with Crippen molar-refractivity contribution in [2.45, 2.75) is 26.8 Å². The number of nitrogens with zero attached hydrogens (tertiary/aromatic N) is 4. The van der Waals surface area contributed by atoms with Gasteiger partial charge in [0, 0.05) is 43.2 Å². The first-order valence-corrected chi connectivity index (χ1v) is 9.02. The van der Waals surface area contributed by atoms with Crippen LogP contribution in [0.2, 0.25) is 0 Å². The van der Waals surface area contributed by atoms with E-state index in [4.69, 9.17) is 5.26 Å². The summed E-state index contributed by atoms with van der Waals surface area (Å²) in [5, 5.41) is 9.03. The molecule has 0 N–H and O–H groups in total. The first-order valence-electron chi connectivity index (χ1n) is 9.02. The second-order valence-corrected chi connectivity index (χ2v) is 7.06. The molecule has 3 heterocycles. The SMILES string of the molecule is Cc1cc(F)c(F)cc1-c1cnc2c(c1)CN(c1ncc(C#N)cc1C)CC2. The third kappa shape index (κ3) is 3.20. The molecule has 0 fully saturated rings. The van der Waals surface area contributed by atoms with E-state index in [1.165, 1.54) is 12.1 Å². The number of nitriles is 1. The van der Waals surface area contributed by atoms with Crippen molar-refractivity contribution in [2.75, 3.05) is 11.4 Å². The third-order valence-corrected chi connectivity index (χ3v) is 5.10. The Morgan fingerprint density at radius 2 is 1.79 bits per heavy atom. The number of hydrogen-bond donors (Lipinski definition) is 0. The summed E-state index contributed by atoms with van der Waals surface area (Å²) in [4.78, 5) is 11.2. The van der Waals surface area contributed by atoms with Crippen LogP contribution in [0.5, 0.6) is 0 Å². The molecule has 4 rings (SSSR count). The van der Waals surface area contributed by atoms with Crippen LogP contribution in [0, 0.1) is 36.8 Å². The summed E-state index contributed by atoms with van der Waals surface area (Å²) < 4.78 is 27.2. The summed E-state index contributed by atoms with van der Waals surface area (Å²) in [6.45, 7) is 5.10. The van der Waals surface area contributed by atoms with Crippen LogP contribution in [-0.4, -0.2) is 16.5 Å². The molecule has 0 atom stereocenters. The molecule has 0 unspecified atom stereocenters. The second-order valence-electron chi connectivity index (χ2n) is 7.06. The summed E-state index contributed by atoms with van der Waals surface area (Å²) in [6, 6.07) is 8.36. The zero-order chi connectivity index (χ0) is 19.8. The van der Waals surface area contributed by atoms with Gasteiger partial charge >= 0.3 is 0 Å². The van der Waals surface area contributed by atoms with E-state index in [1.807, 2.05) is 19.1 Å². The number of fused-ring (bicyclic) bond motifs is 1. The van der Waals surface area contributed by atoms with E-state index < -0.39 is 11.6 Å². The maximum absolute atomic E-state index is 13.7. The predicted octanol–water partition coefficient (Wildman–Crippen LogP) is 4.47. The largest absolute Gasteiger partial charge is 0.352 e. The minimum atomic E-state index is -0.864. The van der Waals surface area contributed by atoms with Gasteiger partial charge in [-0.1, -0.05) is 0 Å². The number of halogens is 2. The van der Waals surface area contributed by atoms with Crippen LogP contribution >= 0.6 is 0 Å². The lowest BCUT2D eigenvalue weighted by Gasteiger charge is -2.30. The van der Waals surface area contributed by atoms with Gasteiger partial charge in [-0.05, 0) is 60.4 Å². The maximum Gasteiger partial charge on any atom is 0.159 e. The Labute approximate surface area is 162 Å². The maximum atomic E-state index is 13.7. The van der Waals surface area contributed by atoms with E-state index in [-0.39, 0.29) is 0 Å². The molecule has 3 aromatic rings. The first kappa shape index (κ1) is 18.1. The standard InChI is InChI=1S/C22H18F2N4/c1-13-6-19(23)20(24)8-18(13)16-7-17-12-28(4-3-21(17)26-11-16)22-14(2)5-15(9-25)10-27-22/h5-8,10-11H,3-4,12H2,1-2H3. The molecule has 0 aliphatic carbocycles. The smallest absolute Gasteiger partial charge is 0.159 e. The molecule has 140 valence electrons. The van der Waals surface area contributed by atoms with Gasteiger partial charge in [0.15, 0.2) is 11.6 Å². The Hall–Kier alpha value is -3.33. The molecule has 2 aromatic heterocycles. The number of hydrogen-bond acceptors (Lipinski definition) is 4. The molecule has 0 amide bonds. The van der Waals surface area contributed by atoms with Crippen molar-refractivity contribution in [1.82, 2.24) is 9.97 Å². The van der Waals surface area contributed by atoms with Crippen molar-refractivity contribution in [2.24, 2.45) is 0 Å². The van der Waals surface area contributed by atoms with Gasteiger partial charge < -0.3 is 4.90 Å². The number of pyridine rings is 2. The highest BCUT2D eigenvalue weighted by Gasteiger charge is 2.21. The average molecular weight is 376 g/mol. The lowest BCUT2D eigenvalue weighted by Crippen LogP contribution is -2.32. The van der Waals surface area contributed by atoms with Crippen LogP contribution in [0.3, 0.4) is 0 Å². The first-order chi connectivity index (χ1) is 13.5. The predicted molar refractivity (Wildman–Crippen MR) is 103 cm³/mol. The van der Waals surface area contributed by atoms with Gasteiger partial charge in [-0.2, -0.15) is 5.26 Å². The van der Waals surface area contributed by atoms with Crippen molar-refractivity contribution >= 4 is 5.82 Å². The van der Waals surface area contributed by atoms with E-state index in [0.29, 0.717) is 23.2 Å². The van der Waals surface area contributed by atoms with Crippen LogP contribution in [0.4, 0.5) is 14.6 Å². The Kier molecular flexibility index (Phi) is 4.52. The van der Waals surface area contributed by atoms with Crippen molar-refractivity contribution in [3.05, 3.63) is 76.2 Å². The van der Waals surface area contributed by atoms with Crippen LogP contribution in [0.15, 0.2) is 36.7 Å². The molecule has 4 nitrogen and oxygen atoms in total. The van der Waals surface area contributed by atoms with Crippen molar-refractivity contribution in [3.8, 4) is 17.2 Å². The van der Waals surface area contributed by atoms with Crippen LogP contribution in [0.25, 0.3) is 11.1 Å². The molecule has 0 spiro atoms. The Morgan fingerprint density at radius 1 is 1.00 bits per heavy atom. The van der Waals surface area contributed by atoms with Gasteiger partial charge in [-0.3, -0.25) is 4.98 Å². The fourth-order valence-corrected chi connectivity index (χ4v) is 3.67. The van der Waals surface area contributed by atoms with Gasteiger partial charge in [0.05, 0.1) is 5.56 Å². The second kappa shape index (κ2) is 7.01. The quantitative estimate of drug-likeness (QED) is 0.662. The molecular formula is C22H18F2N4. The van der Waals surface area contributed by atoms with Gasteiger partial charge in [0.2, 0.25) is 0 Å². The van der Waals surface area contributed by atoms with Crippen molar-refractivity contribution in [3.63, 3.8) is 0 Å². The van der Waals surface area contributed by atoms with E-state index in [0.717, 1.165) is 41.2 Å². The minimum absolute atomic E-state index is 0.538. The highest BCUT2D eigenvalue weighted by molar-refractivity contribution is 5.68. The summed E-state index contributed by atoms with van der Waals surface area (Å²) in [6.07, 6.45) is 4.07. The Balaban J connectivity index is 1.69. The summed E-state index contributed by atoms with van der Waals surface area (Å²) >= 11 is 0. The lowest BCUT2D eigenvalue weighted by atomic mass is 9.97. The topological polar surface area (TPSA) is 52.8 Å². The fourth-order valence-electron chi connectivity index (χ4n) is 3.67. The summed E-state index contributed by atoms with van der Waals surface area (Å²) in [7, 11) is 0. The Bertz CT molecular complexity index is 1120.